The van der Waals surface area contributed by atoms with E-state index < -0.39 is 0 Å². The largest absolute Gasteiger partial charge is 0.508 e. The minimum absolute atomic E-state index is 0.102. The lowest BCUT2D eigenvalue weighted by atomic mass is 9.87. The van der Waals surface area contributed by atoms with Gasteiger partial charge in [0.1, 0.15) is 17.1 Å². The molecule has 0 fully saturated rings. The van der Waals surface area contributed by atoms with E-state index in [2.05, 4.69) is 33.8 Å². The fourth-order valence-electron chi connectivity index (χ4n) is 4.04. The number of aromatic hydroxyl groups is 1. The predicted molar refractivity (Wildman–Crippen MR) is 125 cm³/mol. The van der Waals surface area contributed by atoms with Crippen molar-refractivity contribution in [3.63, 3.8) is 0 Å². The van der Waals surface area contributed by atoms with Gasteiger partial charge in [-0.15, -0.1) is 0 Å². The maximum absolute atomic E-state index is 12.1. The maximum atomic E-state index is 12.1. The molecule has 0 aliphatic carbocycles. The summed E-state index contributed by atoms with van der Waals surface area (Å²) in [5.74, 6) is 2.05. The number of fused-ring (bicyclic) bond motifs is 1. The van der Waals surface area contributed by atoms with E-state index in [9.17, 15) is 9.90 Å². The number of carbonyl (C=O) groups is 1. The zero-order valence-corrected chi connectivity index (χ0v) is 19.8. The molecule has 30 heavy (non-hydrogen) atoms. The molecule has 3 nitrogen and oxygen atoms in total. The van der Waals surface area contributed by atoms with Crippen LogP contribution in [0.4, 0.5) is 0 Å². The number of carbonyl (C=O) groups excluding carboxylic acids is 1. The first-order chi connectivity index (χ1) is 14.1. The minimum atomic E-state index is -0.158. The molecular weight excluding hydrogens is 372 g/mol. The van der Waals surface area contributed by atoms with Crippen LogP contribution in [-0.4, -0.2) is 16.5 Å². The smallest absolute Gasteiger partial charge is 0.158 e. The van der Waals surface area contributed by atoms with Crippen molar-refractivity contribution in [2.45, 2.75) is 92.1 Å². The Bertz CT molecular complexity index is 788. The summed E-state index contributed by atoms with van der Waals surface area (Å²) < 4.78 is 6.38. The zero-order chi connectivity index (χ0) is 22.3. The van der Waals surface area contributed by atoms with E-state index in [-0.39, 0.29) is 17.3 Å². The molecule has 1 heterocycles. The van der Waals surface area contributed by atoms with Gasteiger partial charge in [0, 0.05) is 5.92 Å². The average molecular weight is 413 g/mol. The zero-order valence-electron chi connectivity index (χ0n) is 19.8. The highest BCUT2D eigenvalue weighted by Crippen LogP contribution is 2.39. The SMILES string of the molecule is C/C(=C\CC[C@]1(C)CCc2cc(O)cc(C)c2O1)CCC[C@H](C)C(=O)/C=C/C(C)C. The topological polar surface area (TPSA) is 46.5 Å². The summed E-state index contributed by atoms with van der Waals surface area (Å²) in [6.07, 6.45) is 13.0. The Hall–Kier alpha value is -2.03. The Labute approximate surface area is 183 Å². The predicted octanol–water partition coefficient (Wildman–Crippen LogP) is 7.10. The van der Waals surface area contributed by atoms with E-state index in [1.165, 1.54) is 5.57 Å². The number of phenolic OH excluding ortho intramolecular Hbond substituents is 1. The monoisotopic (exact) mass is 412 g/mol. The average Bonchev–Trinajstić information content (AvgIpc) is 2.66. The van der Waals surface area contributed by atoms with Crippen molar-refractivity contribution in [1.29, 1.82) is 0 Å². The van der Waals surface area contributed by atoms with Gasteiger partial charge in [0.15, 0.2) is 5.78 Å². The number of benzene rings is 1. The standard InChI is InChI=1S/C27H40O3/c1-19(2)12-13-25(29)21(4)11-7-9-20(3)10-8-15-27(6)16-14-23-18-24(28)17-22(5)26(23)30-27/h10,12-13,17-19,21,28H,7-9,11,14-16H2,1-6H3/b13-12+,20-10+/t21-,27+/m0/s1. The number of hydrogen-bond donors (Lipinski definition) is 1. The normalized spacial score (nSPS) is 20.3. The molecule has 1 aliphatic rings. The van der Waals surface area contributed by atoms with E-state index >= 15 is 0 Å². The lowest BCUT2D eigenvalue weighted by Crippen LogP contribution is -2.36. The third-order valence-corrected chi connectivity index (χ3v) is 6.11. The van der Waals surface area contributed by atoms with Gasteiger partial charge in [-0.1, -0.05) is 38.5 Å². The Morgan fingerprint density at radius 1 is 1.30 bits per heavy atom. The molecule has 0 spiro atoms. The van der Waals surface area contributed by atoms with Gasteiger partial charge in [0.2, 0.25) is 0 Å². The molecule has 0 bridgehead atoms. The molecule has 0 unspecified atom stereocenters. The first-order valence-corrected chi connectivity index (χ1v) is 11.5. The molecular formula is C27H40O3. The molecule has 2 rings (SSSR count). The minimum Gasteiger partial charge on any atom is -0.508 e. The first kappa shape index (κ1) is 24.2. The van der Waals surface area contributed by atoms with Crippen molar-refractivity contribution in [2.75, 3.05) is 0 Å². The van der Waals surface area contributed by atoms with Crippen LogP contribution < -0.4 is 4.74 Å². The molecule has 1 N–H and O–H groups in total. The molecule has 0 saturated heterocycles. The van der Waals surface area contributed by atoms with Crippen LogP contribution in [0.2, 0.25) is 0 Å². The van der Waals surface area contributed by atoms with Crippen LogP contribution in [-0.2, 0) is 11.2 Å². The number of rotatable bonds is 10. The van der Waals surface area contributed by atoms with Crippen LogP contribution in [0.5, 0.6) is 11.5 Å². The second-order valence-electron chi connectivity index (χ2n) is 9.69. The van der Waals surface area contributed by atoms with E-state index in [1.54, 1.807) is 12.1 Å². The molecule has 166 valence electrons. The summed E-state index contributed by atoms with van der Waals surface area (Å²) in [6, 6.07) is 3.61. The lowest BCUT2D eigenvalue weighted by Gasteiger charge is -2.36. The van der Waals surface area contributed by atoms with Crippen molar-refractivity contribution in [3.8, 4) is 11.5 Å². The number of ether oxygens (including phenoxy) is 1. The quantitative estimate of drug-likeness (QED) is 0.329. The summed E-state index contributed by atoms with van der Waals surface area (Å²) in [6.45, 7) is 12.6. The fourth-order valence-corrected chi connectivity index (χ4v) is 4.04. The second-order valence-corrected chi connectivity index (χ2v) is 9.69. The molecule has 0 saturated carbocycles. The Morgan fingerprint density at radius 2 is 2.03 bits per heavy atom. The molecule has 2 atom stereocenters. The highest BCUT2D eigenvalue weighted by atomic mass is 16.5. The van der Waals surface area contributed by atoms with Crippen LogP contribution >= 0.6 is 0 Å². The van der Waals surface area contributed by atoms with Gasteiger partial charge in [-0.05, 0) is 101 Å². The molecule has 0 radical (unpaired) electrons. The van der Waals surface area contributed by atoms with Crippen LogP contribution in [0, 0.1) is 18.8 Å². The molecule has 1 aromatic carbocycles. The van der Waals surface area contributed by atoms with Crippen LogP contribution in [0.15, 0.2) is 35.9 Å². The summed E-state index contributed by atoms with van der Waals surface area (Å²) in [5.41, 5.74) is 3.36. The molecule has 3 heteroatoms. The highest BCUT2D eigenvalue weighted by molar-refractivity contribution is 5.91. The van der Waals surface area contributed by atoms with Crippen molar-refractivity contribution >= 4 is 5.78 Å². The van der Waals surface area contributed by atoms with E-state index in [1.807, 2.05) is 26.0 Å². The summed E-state index contributed by atoms with van der Waals surface area (Å²) in [4.78, 5) is 12.1. The van der Waals surface area contributed by atoms with Crippen LogP contribution in [0.3, 0.4) is 0 Å². The molecule has 0 aromatic heterocycles. The second kappa shape index (κ2) is 10.8. The number of ketones is 1. The van der Waals surface area contributed by atoms with Crippen molar-refractivity contribution in [2.24, 2.45) is 11.8 Å². The third kappa shape index (κ3) is 7.34. The van der Waals surface area contributed by atoms with Crippen LogP contribution in [0.1, 0.15) is 84.3 Å². The van der Waals surface area contributed by atoms with Crippen molar-refractivity contribution in [1.82, 2.24) is 0 Å². The fraction of sp³-hybridized carbons (Fsp3) is 0.593. The van der Waals surface area contributed by atoms with Crippen LogP contribution in [0.25, 0.3) is 0 Å². The van der Waals surface area contributed by atoms with Gasteiger partial charge in [0.05, 0.1) is 0 Å². The first-order valence-electron chi connectivity index (χ1n) is 11.5. The summed E-state index contributed by atoms with van der Waals surface area (Å²) in [5, 5.41) is 9.80. The van der Waals surface area contributed by atoms with Gasteiger partial charge < -0.3 is 9.84 Å². The van der Waals surface area contributed by atoms with E-state index in [0.717, 1.165) is 61.8 Å². The number of phenols is 1. The molecule has 1 aliphatic heterocycles. The van der Waals surface area contributed by atoms with E-state index in [4.69, 9.17) is 4.74 Å². The summed E-state index contributed by atoms with van der Waals surface area (Å²) in [7, 11) is 0. The van der Waals surface area contributed by atoms with Gasteiger partial charge >= 0.3 is 0 Å². The van der Waals surface area contributed by atoms with E-state index in [0.29, 0.717) is 11.7 Å². The van der Waals surface area contributed by atoms with Gasteiger partial charge in [-0.25, -0.2) is 0 Å². The van der Waals surface area contributed by atoms with Gasteiger partial charge in [0.25, 0.3) is 0 Å². The Morgan fingerprint density at radius 3 is 2.73 bits per heavy atom. The Kier molecular flexibility index (Phi) is 8.76. The Balaban J connectivity index is 1.77. The van der Waals surface area contributed by atoms with Crippen molar-refractivity contribution in [3.05, 3.63) is 47.1 Å². The molecule has 0 amide bonds. The lowest BCUT2D eigenvalue weighted by molar-refractivity contribution is -0.117. The highest BCUT2D eigenvalue weighted by Gasteiger charge is 2.32. The van der Waals surface area contributed by atoms with Crippen molar-refractivity contribution < 1.29 is 14.6 Å². The van der Waals surface area contributed by atoms with Gasteiger partial charge in [-0.2, -0.15) is 0 Å². The number of aryl methyl sites for hydroxylation is 2. The molecule has 1 aromatic rings. The summed E-state index contributed by atoms with van der Waals surface area (Å²) >= 11 is 0. The maximum Gasteiger partial charge on any atom is 0.158 e. The third-order valence-electron chi connectivity index (χ3n) is 6.11. The number of allylic oxidation sites excluding steroid dienone is 4. The van der Waals surface area contributed by atoms with Gasteiger partial charge in [-0.3, -0.25) is 4.79 Å². The number of hydrogen-bond acceptors (Lipinski definition) is 3.